The van der Waals surface area contributed by atoms with Crippen molar-refractivity contribution in [1.82, 2.24) is 20.2 Å². The summed E-state index contributed by atoms with van der Waals surface area (Å²) in [7, 11) is 2.11. The number of hydrogen-bond acceptors (Lipinski definition) is 7. The van der Waals surface area contributed by atoms with E-state index in [0.29, 0.717) is 19.0 Å². The molecular weight excluding hydrogens is 412 g/mol. The number of benzene rings is 1. The van der Waals surface area contributed by atoms with Crippen LogP contribution in [0.15, 0.2) is 65.4 Å². The first-order chi connectivity index (χ1) is 16.1. The third kappa shape index (κ3) is 7.58. The quantitative estimate of drug-likeness (QED) is 0.473. The molecule has 1 aliphatic heterocycles. The van der Waals surface area contributed by atoms with Crippen LogP contribution in [0.1, 0.15) is 37.9 Å². The van der Waals surface area contributed by atoms with Gasteiger partial charge >= 0.3 is 0 Å². The summed E-state index contributed by atoms with van der Waals surface area (Å²) in [6.07, 6.45) is 6.71. The van der Waals surface area contributed by atoms with Crippen molar-refractivity contribution in [1.29, 1.82) is 0 Å². The van der Waals surface area contributed by atoms with Gasteiger partial charge in [0.15, 0.2) is 6.29 Å². The molecule has 3 rings (SSSR count). The van der Waals surface area contributed by atoms with Gasteiger partial charge in [0.1, 0.15) is 0 Å². The van der Waals surface area contributed by atoms with E-state index in [1.807, 2.05) is 30.5 Å². The Balaban J connectivity index is 1.69. The molecule has 7 nitrogen and oxygen atoms in total. The van der Waals surface area contributed by atoms with Crippen LogP contribution in [0.25, 0.3) is 0 Å². The Morgan fingerprint density at radius 1 is 1.09 bits per heavy atom. The van der Waals surface area contributed by atoms with E-state index in [0.717, 1.165) is 49.4 Å². The van der Waals surface area contributed by atoms with E-state index in [-0.39, 0.29) is 6.29 Å². The smallest absolute Gasteiger partial charge is 0.213 e. The van der Waals surface area contributed by atoms with Crippen molar-refractivity contribution in [3.05, 3.63) is 71.7 Å². The van der Waals surface area contributed by atoms with Gasteiger partial charge in [0.2, 0.25) is 5.90 Å². The molecule has 7 heteroatoms. The highest BCUT2D eigenvalue weighted by molar-refractivity contribution is 5.89. The van der Waals surface area contributed by atoms with E-state index in [1.165, 1.54) is 5.56 Å². The molecule has 178 valence electrons. The summed E-state index contributed by atoms with van der Waals surface area (Å²) < 4.78 is 6.11. The minimum absolute atomic E-state index is 0.0736. The topological polar surface area (TPSA) is 65.0 Å². The number of nitrogens with one attached hydrogen (secondary N) is 2. The second-order valence-corrected chi connectivity index (χ2v) is 8.36. The Bertz CT molecular complexity index is 908. The fourth-order valence-corrected chi connectivity index (χ4v) is 3.89. The second-order valence-electron chi connectivity index (χ2n) is 8.36. The van der Waals surface area contributed by atoms with Crippen molar-refractivity contribution in [2.24, 2.45) is 4.99 Å². The van der Waals surface area contributed by atoms with Crippen molar-refractivity contribution in [3.63, 3.8) is 0 Å². The molecule has 1 aromatic carbocycles. The fourth-order valence-electron chi connectivity index (χ4n) is 3.89. The fraction of sp³-hybridized carbons (Fsp3) is 0.462. The average Bonchev–Trinajstić information content (AvgIpc) is 2.81. The normalized spacial score (nSPS) is 15.9. The summed E-state index contributed by atoms with van der Waals surface area (Å²) in [5.74, 6) is 0.679. The maximum atomic E-state index is 6.11. The molecule has 0 radical (unpaired) electrons. The summed E-state index contributed by atoms with van der Waals surface area (Å²) in [4.78, 5) is 14.0. The molecule has 0 fully saturated rings. The molecule has 2 heterocycles. The second kappa shape index (κ2) is 13.0. The number of aryl methyl sites for hydroxylation is 1. The number of aromatic nitrogens is 1. The minimum atomic E-state index is -0.0736. The lowest BCUT2D eigenvalue weighted by molar-refractivity contribution is 0.0830. The van der Waals surface area contributed by atoms with Crippen molar-refractivity contribution >= 4 is 11.6 Å². The molecular formula is C26H38N6O. The van der Waals surface area contributed by atoms with E-state index in [2.05, 4.69) is 77.7 Å². The SMILES string of the molecule is CCCN(CCC)C1N=C(OCCc2ccccn2)C=C(CNNc2cccc(C)c2)N1C. The number of hydrazine groups is 1. The Hall–Kier alpha value is -2.90. The van der Waals surface area contributed by atoms with Crippen LogP contribution in [0.5, 0.6) is 0 Å². The molecule has 1 aromatic heterocycles. The van der Waals surface area contributed by atoms with E-state index < -0.39 is 0 Å². The Labute approximate surface area is 198 Å². The minimum Gasteiger partial charge on any atom is -0.477 e. The Kier molecular flexibility index (Phi) is 9.72. The summed E-state index contributed by atoms with van der Waals surface area (Å²) in [5, 5.41) is 0. The van der Waals surface area contributed by atoms with E-state index in [9.17, 15) is 0 Å². The summed E-state index contributed by atoms with van der Waals surface area (Å²) in [5.41, 5.74) is 11.1. The number of hydrogen-bond donors (Lipinski definition) is 2. The third-order valence-corrected chi connectivity index (χ3v) is 5.54. The van der Waals surface area contributed by atoms with Crippen molar-refractivity contribution in [3.8, 4) is 0 Å². The van der Waals surface area contributed by atoms with Gasteiger partial charge in [-0.2, -0.15) is 0 Å². The highest BCUT2D eigenvalue weighted by atomic mass is 16.5. The standard InChI is InChI=1S/C26H38N6O/c1-5-15-32(16-6-2)26-29-25(33-17-13-22-11-7-8-14-27-22)19-24(31(26)4)20-28-30-23-12-9-10-21(3)18-23/h7-12,14,18-19,26,28,30H,5-6,13,15-17,20H2,1-4H3. The van der Waals surface area contributed by atoms with Crippen LogP contribution in [0, 0.1) is 6.92 Å². The summed E-state index contributed by atoms with van der Waals surface area (Å²) >= 11 is 0. The molecule has 2 aromatic rings. The van der Waals surface area contributed by atoms with Crippen LogP contribution in [0.4, 0.5) is 5.69 Å². The number of anilines is 1. The predicted molar refractivity (Wildman–Crippen MR) is 136 cm³/mol. The monoisotopic (exact) mass is 450 g/mol. The molecule has 0 saturated carbocycles. The number of nitrogens with zero attached hydrogens (tertiary/aromatic N) is 4. The van der Waals surface area contributed by atoms with Gasteiger partial charge in [-0.3, -0.25) is 9.88 Å². The van der Waals surface area contributed by atoms with Crippen LogP contribution in [-0.2, 0) is 11.2 Å². The molecule has 1 aliphatic rings. The number of ether oxygens (including phenoxy) is 1. The largest absolute Gasteiger partial charge is 0.477 e. The van der Waals surface area contributed by atoms with Gasteiger partial charge in [0.25, 0.3) is 0 Å². The van der Waals surface area contributed by atoms with Gasteiger partial charge in [-0.25, -0.2) is 10.4 Å². The highest BCUT2D eigenvalue weighted by Gasteiger charge is 2.27. The molecule has 0 bridgehead atoms. The first-order valence-corrected chi connectivity index (χ1v) is 11.9. The first kappa shape index (κ1) is 24.7. The lowest BCUT2D eigenvalue weighted by Gasteiger charge is -2.39. The zero-order chi connectivity index (χ0) is 23.5. The Morgan fingerprint density at radius 3 is 2.61 bits per heavy atom. The zero-order valence-corrected chi connectivity index (χ0v) is 20.4. The zero-order valence-electron chi connectivity index (χ0n) is 20.4. The molecule has 0 spiro atoms. The number of aliphatic imine (C=N–C) groups is 1. The molecule has 0 aliphatic carbocycles. The molecule has 0 amide bonds. The van der Waals surface area contributed by atoms with Crippen LogP contribution in [0.3, 0.4) is 0 Å². The van der Waals surface area contributed by atoms with Gasteiger partial charge in [-0.05, 0) is 49.6 Å². The molecule has 2 N–H and O–H groups in total. The van der Waals surface area contributed by atoms with Crippen molar-refractivity contribution in [2.45, 2.75) is 46.3 Å². The lowest BCUT2D eigenvalue weighted by Crippen LogP contribution is -2.49. The van der Waals surface area contributed by atoms with Crippen LogP contribution < -0.4 is 10.9 Å². The van der Waals surface area contributed by atoms with Gasteiger partial charge in [0, 0.05) is 55.9 Å². The van der Waals surface area contributed by atoms with E-state index >= 15 is 0 Å². The maximum absolute atomic E-state index is 6.11. The number of pyridine rings is 1. The molecule has 33 heavy (non-hydrogen) atoms. The van der Waals surface area contributed by atoms with Gasteiger partial charge in [-0.1, -0.05) is 32.0 Å². The van der Waals surface area contributed by atoms with Crippen molar-refractivity contribution in [2.75, 3.05) is 38.7 Å². The lowest BCUT2D eigenvalue weighted by atomic mass is 10.2. The molecule has 1 unspecified atom stereocenters. The summed E-state index contributed by atoms with van der Waals surface area (Å²) in [6.45, 7) is 9.70. The molecule has 0 saturated heterocycles. The first-order valence-electron chi connectivity index (χ1n) is 11.9. The van der Waals surface area contributed by atoms with Gasteiger partial charge in [-0.15, -0.1) is 0 Å². The maximum Gasteiger partial charge on any atom is 0.213 e. The van der Waals surface area contributed by atoms with E-state index in [4.69, 9.17) is 9.73 Å². The highest BCUT2D eigenvalue weighted by Crippen LogP contribution is 2.19. The van der Waals surface area contributed by atoms with Gasteiger partial charge in [0.05, 0.1) is 13.2 Å². The average molecular weight is 451 g/mol. The summed E-state index contributed by atoms with van der Waals surface area (Å²) in [6, 6.07) is 14.3. The molecule has 1 atom stereocenters. The Morgan fingerprint density at radius 2 is 1.91 bits per heavy atom. The third-order valence-electron chi connectivity index (χ3n) is 5.54. The number of rotatable bonds is 12. The van der Waals surface area contributed by atoms with Gasteiger partial charge < -0.3 is 15.1 Å². The van der Waals surface area contributed by atoms with Crippen LogP contribution >= 0.6 is 0 Å². The van der Waals surface area contributed by atoms with Crippen LogP contribution in [0.2, 0.25) is 0 Å². The van der Waals surface area contributed by atoms with Crippen LogP contribution in [-0.4, -0.2) is 60.3 Å². The van der Waals surface area contributed by atoms with Crippen molar-refractivity contribution < 1.29 is 4.74 Å². The number of likely N-dealkylation sites (N-methyl/N-ethyl adjacent to an activating group) is 1. The van der Waals surface area contributed by atoms with E-state index in [1.54, 1.807) is 0 Å². The predicted octanol–water partition coefficient (Wildman–Crippen LogP) is 4.20.